The van der Waals surface area contributed by atoms with E-state index in [1.165, 1.54) is 11.1 Å². The van der Waals surface area contributed by atoms with Crippen molar-refractivity contribution in [2.45, 2.75) is 32.9 Å². The Labute approximate surface area is 186 Å². The summed E-state index contributed by atoms with van der Waals surface area (Å²) >= 11 is 5.83. The average molecular weight is 430 g/mol. The first-order chi connectivity index (χ1) is 15.0. The van der Waals surface area contributed by atoms with Gasteiger partial charge < -0.3 is 10.2 Å². The van der Waals surface area contributed by atoms with Crippen molar-refractivity contribution in [3.63, 3.8) is 0 Å². The highest BCUT2D eigenvalue weighted by Gasteiger charge is 2.42. The number of nitrogens with zero attached hydrogens (tertiary/aromatic N) is 6. The molecular weight excluding hydrogens is 406 g/mol. The topological polar surface area (TPSA) is 63.8 Å². The third-order valence-corrected chi connectivity index (χ3v) is 6.11. The molecule has 7 nitrogen and oxygen atoms in total. The van der Waals surface area contributed by atoms with Gasteiger partial charge in [0.2, 0.25) is 0 Å². The SMILES string of the molecule is Cc1ccc(N2C(=S)N[C@H](c3ccccn3)[C@@H]2c2cc(C)n(-n3cnnc3)c2C)cc1. The van der Waals surface area contributed by atoms with Gasteiger partial charge in [-0.3, -0.25) is 9.66 Å². The van der Waals surface area contributed by atoms with E-state index in [0.29, 0.717) is 5.11 Å². The molecule has 5 rings (SSSR count). The van der Waals surface area contributed by atoms with Gasteiger partial charge in [0.25, 0.3) is 0 Å². The van der Waals surface area contributed by atoms with Crippen LogP contribution in [0.25, 0.3) is 0 Å². The van der Waals surface area contributed by atoms with Crippen LogP contribution in [0, 0.1) is 20.8 Å². The number of aromatic nitrogens is 5. The van der Waals surface area contributed by atoms with Crippen molar-refractivity contribution >= 4 is 23.0 Å². The molecule has 4 heterocycles. The largest absolute Gasteiger partial charge is 0.351 e. The third-order valence-electron chi connectivity index (χ3n) is 5.80. The number of anilines is 1. The fraction of sp³-hybridized carbons (Fsp3) is 0.217. The second kappa shape index (κ2) is 7.63. The highest BCUT2D eigenvalue weighted by molar-refractivity contribution is 7.80. The normalized spacial score (nSPS) is 18.4. The summed E-state index contributed by atoms with van der Waals surface area (Å²) in [5.74, 6) is 0. The number of hydrogen-bond donors (Lipinski definition) is 1. The van der Waals surface area contributed by atoms with E-state index in [9.17, 15) is 0 Å². The molecule has 1 aliphatic rings. The van der Waals surface area contributed by atoms with Crippen LogP contribution in [0.1, 0.15) is 40.3 Å². The monoisotopic (exact) mass is 429 g/mol. The van der Waals surface area contributed by atoms with Crippen LogP contribution in [0.15, 0.2) is 67.4 Å². The van der Waals surface area contributed by atoms with Crippen LogP contribution in [-0.2, 0) is 0 Å². The Morgan fingerprint density at radius 2 is 1.71 bits per heavy atom. The Hall–Kier alpha value is -3.52. The van der Waals surface area contributed by atoms with Crippen LogP contribution in [-0.4, -0.2) is 29.6 Å². The first-order valence-electron chi connectivity index (χ1n) is 10.2. The third kappa shape index (κ3) is 3.29. The second-order valence-corrected chi connectivity index (χ2v) is 8.20. The summed E-state index contributed by atoms with van der Waals surface area (Å²) in [7, 11) is 0. The highest BCUT2D eigenvalue weighted by Crippen LogP contribution is 2.43. The summed E-state index contributed by atoms with van der Waals surface area (Å²) in [6, 6.07) is 16.5. The van der Waals surface area contributed by atoms with Gasteiger partial charge in [0.15, 0.2) is 5.11 Å². The van der Waals surface area contributed by atoms with E-state index in [1.807, 2.05) is 29.1 Å². The van der Waals surface area contributed by atoms with E-state index in [0.717, 1.165) is 22.8 Å². The van der Waals surface area contributed by atoms with Gasteiger partial charge in [0.05, 0.1) is 17.8 Å². The number of pyridine rings is 1. The molecular formula is C23H23N7S. The number of nitrogens with one attached hydrogen (secondary N) is 1. The van der Waals surface area contributed by atoms with E-state index in [-0.39, 0.29) is 12.1 Å². The summed E-state index contributed by atoms with van der Waals surface area (Å²) in [5.41, 5.74) is 6.60. The molecule has 4 aromatic rings. The molecule has 3 aromatic heterocycles. The van der Waals surface area contributed by atoms with Crippen LogP contribution in [0.4, 0.5) is 5.69 Å². The van der Waals surface area contributed by atoms with Crippen molar-refractivity contribution in [1.82, 2.24) is 29.9 Å². The Morgan fingerprint density at radius 3 is 2.39 bits per heavy atom. The predicted octanol–water partition coefficient (Wildman–Crippen LogP) is 3.89. The Bertz CT molecular complexity index is 1210. The minimum Gasteiger partial charge on any atom is -0.351 e. The second-order valence-electron chi connectivity index (χ2n) is 7.81. The van der Waals surface area contributed by atoms with E-state index >= 15 is 0 Å². The van der Waals surface area contributed by atoms with Gasteiger partial charge in [-0.15, -0.1) is 10.2 Å². The first-order valence-corrected chi connectivity index (χ1v) is 10.6. The van der Waals surface area contributed by atoms with Gasteiger partial charge in [0, 0.05) is 28.8 Å². The summed E-state index contributed by atoms with van der Waals surface area (Å²) < 4.78 is 4.00. The predicted molar refractivity (Wildman–Crippen MR) is 124 cm³/mol. The van der Waals surface area contributed by atoms with Crippen molar-refractivity contribution < 1.29 is 0 Å². The lowest BCUT2D eigenvalue weighted by Gasteiger charge is -2.28. The number of aryl methyl sites for hydroxylation is 2. The molecule has 1 aliphatic heterocycles. The fourth-order valence-corrected chi connectivity index (χ4v) is 4.73. The van der Waals surface area contributed by atoms with Crippen molar-refractivity contribution in [1.29, 1.82) is 0 Å². The average Bonchev–Trinajstić information content (AvgIpc) is 3.47. The fourth-order valence-electron chi connectivity index (χ4n) is 4.39. The van der Waals surface area contributed by atoms with Crippen molar-refractivity contribution in [3.8, 4) is 0 Å². The van der Waals surface area contributed by atoms with E-state index < -0.39 is 0 Å². The smallest absolute Gasteiger partial charge is 0.174 e. The molecule has 31 heavy (non-hydrogen) atoms. The maximum Gasteiger partial charge on any atom is 0.174 e. The van der Waals surface area contributed by atoms with Gasteiger partial charge in [-0.05, 0) is 63.3 Å². The van der Waals surface area contributed by atoms with Crippen LogP contribution in [0.3, 0.4) is 0 Å². The molecule has 156 valence electrons. The number of rotatable bonds is 4. The van der Waals surface area contributed by atoms with Gasteiger partial charge in [-0.2, -0.15) is 0 Å². The summed E-state index contributed by atoms with van der Waals surface area (Å²) in [5, 5.41) is 12.2. The molecule has 0 unspecified atom stereocenters. The first kappa shape index (κ1) is 19.4. The number of thiocarbonyl (C=S) groups is 1. The van der Waals surface area contributed by atoms with Crippen LogP contribution in [0.5, 0.6) is 0 Å². The standard InChI is InChI=1S/C23H23N7S/c1-15-7-9-18(10-8-15)29-22(21(27-23(29)31)20-6-4-5-11-24-20)19-12-16(2)30(17(19)3)28-13-25-26-14-28/h4-14,21-22H,1-3H3,(H,27,31)/t21-,22+/m1/s1. The zero-order valence-corrected chi connectivity index (χ0v) is 18.4. The maximum absolute atomic E-state index is 5.83. The van der Waals surface area contributed by atoms with Crippen molar-refractivity contribution in [2.75, 3.05) is 4.90 Å². The van der Waals surface area contributed by atoms with E-state index in [4.69, 9.17) is 12.2 Å². The van der Waals surface area contributed by atoms with E-state index in [2.05, 4.69) is 81.2 Å². The quantitative estimate of drug-likeness (QED) is 0.497. The molecule has 0 amide bonds. The van der Waals surface area contributed by atoms with Gasteiger partial charge in [0.1, 0.15) is 12.7 Å². The molecule has 1 aromatic carbocycles. The molecule has 8 heteroatoms. The van der Waals surface area contributed by atoms with Crippen LogP contribution in [0.2, 0.25) is 0 Å². The summed E-state index contributed by atoms with van der Waals surface area (Å²) in [6.07, 6.45) is 5.23. The maximum atomic E-state index is 5.83. The van der Waals surface area contributed by atoms with Gasteiger partial charge in [-0.1, -0.05) is 23.8 Å². The van der Waals surface area contributed by atoms with E-state index in [1.54, 1.807) is 12.7 Å². The Kier molecular flexibility index (Phi) is 4.78. The number of hydrogen-bond acceptors (Lipinski definition) is 4. The molecule has 0 aliphatic carbocycles. The summed E-state index contributed by atoms with van der Waals surface area (Å²) in [6.45, 7) is 6.29. The minimum absolute atomic E-state index is 0.0541. The molecule has 0 radical (unpaired) electrons. The zero-order valence-electron chi connectivity index (χ0n) is 17.6. The molecule has 0 bridgehead atoms. The van der Waals surface area contributed by atoms with Crippen molar-refractivity contribution in [3.05, 3.63) is 95.6 Å². The Morgan fingerprint density at radius 1 is 0.968 bits per heavy atom. The zero-order chi connectivity index (χ0) is 21.5. The van der Waals surface area contributed by atoms with Gasteiger partial charge >= 0.3 is 0 Å². The van der Waals surface area contributed by atoms with Crippen LogP contribution >= 0.6 is 12.2 Å². The lowest BCUT2D eigenvalue weighted by Crippen LogP contribution is -2.29. The highest BCUT2D eigenvalue weighted by atomic mass is 32.1. The molecule has 1 N–H and O–H groups in total. The molecule has 1 saturated heterocycles. The Balaban J connectivity index is 1.68. The molecule has 0 saturated carbocycles. The molecule has 2 atom stereocenters. The van der Waals surface area contributed by atoms with Crippen molar-refractivity contribution in [2.24, 2.45) is 0 Å². The lowest BCUT2D eigenvalue weighted by atomic mass is 9.96. The van der Waals surface area contributed by atoms with Crippen LogP contribution < -0.4 is 10.2 Å². The molecule has 1 fully saturated rings. The molecule has 0 spiro atoms. The van der Waals surface area contributed by atoms with Gasteiger partial charge in [-0.25, -0.2) is 4.68 Å². The lowest BCUT2D eigenvalue weighted by molar-refractivity contribution is 0.557. The number of benzene rings is 1. The minimum atomic E-state index is -0.0788. The summed E-state index contributed by atoms with van der Waals surface area (Å²) in [4.78, 5) is 6.84.